The summed E-state index contributed by atoms with van der Waals surface area (Å²) in [4.78, 5) is 0.301. The monoisotopic (exact) mass is 513 g/mol. The molecule has 7 nitrogen and oxygen atoms in total. The lowest BCUT2D eigenvalue weighted by atomic mass is 10.1. The largest absolute Gasteiger partial charge is 0.347 e. The van der Waals surface area contributed by atoms with Crippen LogP contribution in [-0.2, 0) is 16.6 Å². The molecule has 1 aromatic heterocycles. The van der Waals surface area contributed by atoms with Crippen LogP contribution in [0.1, 0.15) is 50.3 Å². The minimum atomic E-state index is -3.57. The van der Waals surface area contributed by atoms with E-state index in [0.29, 0.717) is 23.1 Å². The van der Waals surface area contributed by atoms with Gasteiger partial charge in [0.2, 0.25) is 10.0 Å². The Morgan fingerprint density at radius 3 is 2.34 bits per heavy atom. The molecule has 0 aliphatic heterocycles. The van der Waals surface area contributed by atoms with E-state index in [1.54, 1.807) is 22.7 Å². The molecule has 0 atom stereocenters. The third-order valence-electron chi connectivity index (χ3n) is 5.90. The van der Waals surface area contributed by atoms with Crippen molar-refractivity contribution < 1.29 is 8.42 Å². The van der Waals surface area contributed by atoms with Gasteiger partial charge in [-0.1, -0.05) is 32.0 Å². The van der Waals surface area contributed by atoms with Gasteiger partial charge < -0.3 is 9.88 Å². The van der Waals surface area contributed by atoms with Crippen LogP contribution in [0, 0.1) is 13.8 Å². The number of sulfonamides is 1. The van der Waals surface area contributed by atoms with Crippen LogP contribution in [0.2, 0.25) is 0 Å². The molecule has 1 heterocycles. The summed E-state index contributed by atoms with van der Waals surface area (Å²) < 4.78 is 30.3. The van der Waals surface area contributed by atoms with Crippen LogP contribution < -0.4 is 10.7 Å². The highest BCUT2D eigenvalue weighted by atomic mass is 32.2. The fourth-order valence-corrected chi connectivity index (χ4v) is 5.95. The van der Waals surface area contributed by atoms with Crippen molar-refractivity contribution in [3.63, 3.8) is 0 Å². The number of para-hydroxylation sites is 1. The molecule has 0 unspecified atom stereocenters. The minimum Gasteiger partial charge on any atom is -0.347 e. The summed E-state index contributed by atoms with van der Waals surface area (Å²) in [6.07, 6.45) is 5.20. The summed E-state index contributed by atoms with van der Waals surface area (Å²) in [6.45, 7) is 11.9. The van der Waals surface area contributed by atoms with Gasteiger partial charge in [0.1, 0.15) is 0 Å². The standard InChI is InChI=1S/C26H35N5O2S2/c1-6-14-31(15-7-2)35(32,33)22-12-13-24-23(16-22)21(18-30(24)8-3)17-27-29-26(34)28-25-19(4)10-9-11-20(25)5/h9-13,16-18H,6-8,14-15H2,1-5H3,(H2,28,29,34). The number of thiocarbonyl (C=S) groups is 1. The Bertz CT molecular complexity index is 1300. The molecule has 0 radical (unpaired) electrons. The summed E-state index contributed by atoms with van der Waals surface area (Å²) in [6, 6.07) is 11.4. The Balaban J connectivity index is 1.88. The Kier molecular flexibility index (Phi) is 9.04. The van der Waals surface area contributed by atoms with Crippen LogP contribution in [-0.4, -0.2) is 41.7 Å². The lowest BCUT2D eigenvalue weighted by molar-refractivity contribution is 0.410. The Morgan fingerprint density at radius 1 is 1.09 bits per heavy atom. The second kappa shape index (κ2) is 11.8. The van der Waals surface area contributed by atoms with Gasteiger partial charge in [0, 0.05) is 48.0 Å². The molecule has 0 saturated heterocycles. The molecule has 35 heavy (non-hydrogen) atoms. The van der Waals surface area contributed by atoms with Crippen molar-refractivity contribution in [2.24, 2.45) is 5.10 Å². The molecular weight excluding hydrogens is 478 g/mol. The molecule has 0 aliphatic rings. The third kappa shape index (κ3) is 6.09. The van der Waals surface area contributed by atoms with Crippen molar-refractivity contribution in [2.45, 2.75) is 58.9 Å². The molecule has 0 amide bonds. The van der Waals surface area contributed by atoms with Crippen molar-refractivity contribution in [1.29, 1.82) is 0 Å². The van der Waals surface area contributed by atoms with Gasteiger partial charge in [-0.3, -0.25) is 5.43 Å². The predicted octanol–water partition coefficient (Wildman–Crippen LogP) is 5.41. The van der Waals surface area contributed by atoms with E-state index < -0.39 is 10.0 Å². The first kappa shape index (κ1) is 26.8. The fourth-order valence-electron chi connectivity index (χ4n) is 4.14. The van der Waals surface area contributed by atoms with Crippen molar-refractivity contribution in [3.05, 3.63) is 59.3 Å². The minimum absolute atomic E-state index is 0.301. The number of nitrogens with one attached hydrogen (secondary N) is 2. The number of benzene rings is 2. The normalized spacial score (nSPS) is 12.1. The second-order valence-electron chi connectivity index (χ2n) is 8.54. The SMILES string of the molecule is CCCN(CCC)S(=O)(=O)c1ccc2c(c1)c(C=NNC(=S)Nc1c(C)cccc1C)cn2CC. The molecule has 188 valence electrons. The quantitative estimate of drug-likeness (QED) is 0.215. The van der Waals surface area contributed by atoms with Crippen molar-refractivity contribution in [2.75, 3.05) is 18.4 Å². The van der Waals surface area contributed by atoms with E-state index >= 15 is 0 Å². The molecule has 2 aromatic carbocycles. The molecule has 0 aliphatic carbocycles. The zero-order valence-electron chi connectivity index (χ0n) is 21.1. The zero-order chi connectivity index (χ0) is 25.6. The summed E-state index contributed by atoms with van der Waals surface area (Å²) >= 11 is 5.42. The van der Waals surface area contributed by atoms with Crippen LogP contribution in [0.25, 0.3) is 10.9 Å². The van der Waals surface area contributed by atoms with Gasteiger partial charge in [-0.25, -0.2) is 8.42 Å². The molecule has 3 rings (SSSR count). The predicted molar refractivity (Wildman–Crippen MR) is 150 cm³/mol. The van der Waals surface area contributed by atoms with Gasteiger partial charge in [-0.15, -0.1) is 0 Å². The number of hydrogen-bond acceptors (Lipinski definition) is 4. The zero-order valence-corrected chi connectivity index (χ0v) is 22.8. The van der Waals surface area contributed by atoms with Crippen LogP contribution in [0.15, 0.2) is 52.6 Å². The fraction of sp³-hybridized carbons (Fsp3) is 0.385. The maximum atomic E-state index is 13.3. The van der Waals surface area contributed by atoms with Crippen LogP contribution in [0.5, 0.6) is 0 Å². The van der Waals surface area contributed by atoms with Crippen LogP contribution >= 0.6 is 12.2 Å². The van der Waals surface area contributed by atoms with Crippen LogP contribution in [0.3, 0.4) is 0 Å². The summed E-state index contributed by atoms with van der Waals surface area (Å²) in [5.41, 5.74) is 7.81. The number of aromatic nitrogens is 1. The van der Waals surface area contributed by atoms with E-state index in [1.807, 2.05) is 58.2 Å². The number of fused-ring (bicyclic) bond motifs is 1. The number of rotatable bonds is 10. The number of hydrogen-bond donors (Lipinski definition) is 2. The van der Waals surface area contributed by atoms with Gasteiger partial charge in [0.05, 0.1) is 11.1 Å². The number of hydrazone groups is 1. The molecule has 2 N–H and O–H groups in total. The average Bonchev–Trinajstić information content (AvgIpc) is 3.18. The second-order valence-corrected chi connectivity index (χ2v) is 10.9. The number of nitrogens with zero attached hydrogens (tertiary/aromatic N) is 3. The smallest absolute Gasteiger partial charge is 0.243 e. The molecule has 0 fully saturated rings. The highest BCUT2D eigenvalue weighted by molar-refractivity contribution is 7.89. The van der Waals surface area contributed by atoms with Gasteiger partial charge in [-0.2, -0.15) is 9.41 Å². The molecule has 0 saturated carbocycles. The summed E-state index contributed by atoms with van der Waals surface area (Å²) in [5, 5.41) is 8.75. The molecule has 9 heteroatoms. The van der Waals surface area contributed by atoms with E-state index in [0.717, 1.165) is 52.7 Å². The van der Waals surface area contributed by atoms with E-state index in [2.05, 4.69) is 27.3 Å². The molecule has 0 bridgehead atoms. The number of aryl methyl sites for hydroxylation is 3. The molecule has 3 aromatic rings. The van der Waals surface area contributed by atoms with E-state index in [-0.39, 0.29) is 0 Å². The lowest BCUT2D eigenvalue weighted by Gasteiger charge is -2.21. The van der Waals surface area contributed by atoms with Crippen molar-refractivity contribution in [1.82, 2.24) is 14.3 Å². The molecular formula is C26H35N5O2S2. The van der Waals surface area contributed by atoms with Gasteiger partial charge in [-0.05, 0) is 75.2 Å². The average molecular weight is 514 g/mol. The van der Waals surface area contributed by atoms with E-state index in [1.165, 1.54) is 0 Å². The Labute approximate surface area is 214 Å². The topological polar surface area (TPSA) is 78.7 Å². The molecule has 0 spiro atoms. The first-order chi connectivity index (χ1) is 16.7. The highest BCUT2D eigenvalue weighted by Crippen LogP contribution is 2.26. The maximum Gasteiger partial charge on any atom is 0.243 e. The first-order valence-electron chi connectivity index (χ1n) is 12.0. The number of anilines is 1. The summed E-state index contributed by atoms with van der Waals surface area (Å²) in [5.74, 6) is 0. The van der Waals surface area contributed by atoms with Gasteiger partial charge in [0.15, 0.2) is 5.11 Å². The maximum absolute atomic E-state index is 13.3. The van der Waals surface area contributed by atoms with E-state index in [4.69, 9.17) is 12.2 Å². The third-order valence-corrected chi connectivity index (χ3v) is 7.99. The Morgan fingerprint density at radius 2 is 1.74 bits per heavy atom. The van der Waals surface area contributed by atoms with Crippen LogP contribution in [0.4, 0.5) is 5.69 Å². The highest BCUT2D eigenvalue weighted by Gasteiger charge is 2.24. The summed E-state index contributed by atoms with van der Waals surface area (Å²) in [7, 11) is -3.57. The van der Waals surface area contributed by atoms with Gasteiger partial charge >= 0.3 is 0 Å². The van der Waals surface area contributed by atoms with Crippen molar-refractivity contribution in [3.8, 4) is 0 Å². The van der Waals surface area contributed by atoms with E-state index in [9.17, 15) is 8.42 Å². The van der Waals surface area contributed by atoms with Gasteiger partial charge in [0.25, 0.3) is 0 Å². The lowest BCUT2D eigenvalue weighted by Crippen LogP contribution is -2.32. The first-order valence-corrected chi connectivity index (χ1v) is 13.9. The Hall–Kier alpha value is -2.75. The van der Waals surface area contributed by atoms with Crippen molar-refractivity contribution >= 4 is 50.2 Å².